The maximum absolute atomic E-state index is 4.65. The number of hydrogen-bond donors (Lipinski definition) is 1. The second kappa shape index (κ2) is 6.21. The molecule has 1 N–H and O–H groups in total. The minimum absolute atomic E-state index is 0.199. The molecule has 0 unspecified atom stereocenters. The molecule has 0 spiro atoms. The summed E-state index contributed by atoms with van der Waals surface area (Å²) < 4.78 is 3.56. The van der Waals surface area contributed by atoms with Crippen LogP contribution in [0.1, 0.15) is 35.7 Å². The quantitative estimate of drug-likeness (QED) is 0.610. The average molecular weight is 346 g/mol. The van der Waals surface area contributed by atoms with E-state index in [-0.39, 0.29) is 6.04 Å². The standard InChI is InChI=1S/C18H18N8/c1-2-5-13(6-3-1)12-25-16-8-4-7-15(14(16)11-19-25)20-17-9-10-18-21-23-24-26(18)22-17/h1-3,5-6,9-11,15H,4,7-8,12H2,(H,20,22)/t15-/m0/s1. The number of rotatable bonds is 4. The van der Waals surface area contributed by atoms with Gasteiger partial charge in [0.25, 0.3) is 0 Å². The Bertz CT molecular complexity index is 1040. The van der Waals surface area contributed by atoms with E-state index < -0.39 is 0 Å². The van der Waals surface area contributed by atoms with Gasteiger partial charge in [0.05, 0.1) is 18.8 Å². The predicted octanol–water partition coefficient (Wildman–Crippen LogP) is 2.25. The highest BCUT2D eigenvalue weighted by molar-refractivity contribution is 5.44. The first-order valence-corrected chi connectivity index (χ1v) is 8.77. The van der Waals surface area contributed by atoms with Gasteiger partial charge in [-0.1, -0.05) is 30.3 Å². The van der Waals surface area contributed by atoms with Crippen molar-refractivity contribution in [2.24, 2.45) is 0 Å². The van der Waals surface area contributed by atoms with Crippen molar-refractivity contribution >= 4 is 11.5 Å². The maximum Gasteiger partial charge on any atom is 0.200 e. The van der Waals surface area contributed by atoms with Crippen molar-refractivity contribution in [2.45, 2.75) is 31.8 Å². The summed E-state index contributed by atoms with van der Waals surface area (Å²) in [7, 11) is 0. The molecule has 0 saturated carbocycles. The number of tetrazole rings is 1. The van der Waals surface area contributed by atoms with Crippen LogP contribution in [0, 0.1) is 0 Å². The van der Waals surface area contributed by atoms with Crippen molar-refractivity contribution in [1.29, 1.82) is 0 Å². The number of fused-ring (bicyclic) bond motifs is 2. The molecule has 4 aromatic rings. The first-order chi connectivity index (χ1) is 12.9. The summed E-state index contributed by atoms with van der Waals surface area (Å²) in [6.45, 7) is 0.803. The van der Waals surface area contributed by atoms with Crippen molar-refractivity contribution in [3.8, 4) is 0 Å². The van der Waals surface area contributed by atoms with Crippen LogP contribution in [0.15, 0.2) is 48.7 Å². The van der Waals surface area contributed by atoms with E-state index in [9.17, 15) is 0 Å². The van der Waals surface area contributed by atoms with E-state index in [0.717, 1.165) is 31.6 Å². The summed E-state index contributed by atoms with van der Waals surface area (Å²) in [4.78, 5) is 0. The molecule has 0 saturated heterocycles. The molecule has 26 heavy (non-hydrogen) atoms. The molecule has 1 aliphatic carbocycles. The lowest BCUT2D eigenvalue weighted by atomic mass is 9.93. The van der Waals surface area contributed by atoms with Gasteiger partial charge in [-0.15, -0.1) is 14.8 Å². The maximum atomic E-state index is 4.65. The summed E-state index contributed by atoms with van der Waals surface area (Å²) in [5.74, 6) is 0.762. The van der Waals surface area contributed by atoms with Gasteiger partial charge in [0.1, 0.15) is 5.82 Å². The molecule has 1 atom stereocenters. The number of nitrogens with zero attached hydrogens (tertiary/aromatic N) is 7. The Balaban J connectivity index is 1.41. The van der Waals surface area contributed by atoms with Crippen LogP contribution < -0.4 is 5.32 Å². The first kappa shape index (κ1) is 15.0. The third kappa shape index (κ3) is 2.69. The monoisotopic (exact) mass is 346 g/mol. The highest BCUT2D eigenvalue weighted by Crippen LogP contribution is 2.32. The predicted molar refractivity (Wildman–Crippen MR) is 95.6 cm³/mol. The van der Waals surface area contributed by atoms with Crippen LogP contribution in [0.25, 0.3) is 5.65 Å². The summed E-state index contributed by atoms with van der Waals surface area (Å²) in [6, 6.07) is 14.4. The van der Waals surface area contributed by atoms with Crippen LogP contribution in [0.2, 0.25) is 0 Å². The van der Waals surface area contributed by atoms with Gasteiger partial charge in [-0.25, -0.2) is 0 Å². The molecule has 0 radical (unpaired) electrons. The van der Waals surface area contributed by atoms with E-state index in [1.165, 1.54) is 21.5 Å². The summed E-state index contributed by atoms with van der Waals surface area (Å²) in [5, 5.41) is 23.9. The van der Waals surface area contributed by atoms with Gasteiger partial charge in [-0.05, 0) is 47.4 Å². The van der Waals surface area contributed by atoms with Crippen LogP contribution >= 0.6 is 0 Å². The topological polar surface area (TPSA) is 85.8 Å². The van der Waals surface area contributed by atoms with Crippen LogP contribution in [0.3, 0.4) is 0 Å². The van der Waals surface area contributed by atoms with E-state index in [1.54, 1.807) is 0 Å². The highest BCUT2D eigenvalue weighted by atomic mass is 15.6. The number of anilines is 1. The zero-order chi connectivity index (χ0) is 17.3. The summed E-state index contributed by atoms with van der Waals surface area (Å²) in [6.07, 6.45) is 5.22. The molecular formula is C18H18N8. The van der Waals surface area contributed by atoms with Crippen molar-refractivity contribution in [3.05, 3.63) is 65.5 Å². The highest BCUT2D eigenvalue weighted by Gasteiger charge is 2.24. The lowest BCUT2D eigenvalue weighted by molar-refractivity contribution is 0.554. The minimum atomic E-state index is 0.199. The molecule has 0 bridgehead atoms. The molecule has 1 aliphatic rings. The molecule has 3 aromatic heterocycles. The minimum Gasteiger partial charge on any atom is -0.362 e. The summed E-state index contributed by atoms with van der Waals surface area (Å²) >= 11 is 0. The third-order valence-corrected chi connectivity index (χ3v) is 4.83. The van der Waals surface area contributed by atoms with E-state index in [4.69, 9.17) is 0 Å². The molecule has 5 rings (SSSR count). The molecule has 8 nitrogen and oxygen atoms in total. The van der Waals surface area contributed by atoms with Gasteiger partial charge < -0.3 is 5.32 Å². The fourth-order valence-electron chi connectivity index (χ4n) is 3.57. The number of aromatic nitrogens is 7. The van der Waals surface area contributed by atoms with Gasteiger partial charge in [0, 0.05) is 11.3 Å². The first-order valence-electron chi connectivity index (χ1n) is 8.77. The van der Waals surface area contributed by atoms with Crippen LogP contribution in [-0.4, -0.2) is 35.0 Å². The zero-order valence-corrected chi connectivity index (χ0v) is 14.2. The van der Waals surface area contributed by atoms with Crippen molar-refractivity contribution < 1.29 is 0 Å². The van der Waals surface area contributed by atoms with Crippen LogP contribution in [-0.2, 0) is 13.0 Å². The van der Waals surface area contributed by atoms with Crippen molar-refractivity contribution in [3.63, 3.8) is 0 Å². The van der Waals surface area contributed by atoms with Crippen molar-refractivity contribution in [1.82, 2.24) is 35.0 Å². The normalized spacial score (nSPS) is 16.5. The smallest absolute Gasteiger partial charge is 0.200 e. The number of benzene rings is 1. The fourth-order valence-corrected chi connectivity index (χ4v) is 3.57. The Kier molecular flexibility index (Phi) is 3.59. The largest absolute Gasteiger partial charge is 0.362 e. The SMILES string of the molecule is c1ccc(Cn2ncc3c2CCC[C@@H]3Nc2ccc3nnnn3n2)cc1. The zero-order valence-electron chi connectivity index (χ0n) is 14.2. The van der Waals surface area contributed by atoms with Crippen molar-refractivity contribution in [2.75, 3.05) is 5.32 Å². The second-order valence-corrected chi connectivity index (χ2v) is 6.52. The van der Waals surface area contributed by atoms with Gasteiger partial charge in [0.2, 0.25) is 0 Å². The molecular weight excluding hydrogens is 328 g/mol. The second-order valence-electron chi connectivity index (χ2n) is 6.52. The van der Waals surface area contributed by atoms with Crippen LogP contribution in [0.4, 0.5) is 5.82 Å². The van der Waals surface area contributed by atoms with E-state index >= 15 is 0 Å². The lowest BCUT2D eigenvalue weighted by Crippen LogP contribution is -2.19. The Morgan fingerprint density at radius 3 is 2.96 bits per heavy atom. The molecule has 0 amide bonds. The molecule has 8 heteroatoms. The summed E-state index contributed by atoms with van der Waals surface area (Å²) in [5.41, 5.74) is 4.46. The van der Waals surface area contributed by atoms with E-state index in [0.29, 0.717) is 5.65 Å². The molecule has 1 aromatic carbocycles. The Morgan fingerprint density at radius 2 is 2.04 bits per heavy atom. The fraction of sp³-hybridized carbons (Fsp3) is 0.278. The average Bonchev–Trinajstić information content (AvgIpc) is 3.30. The molecule has 130 valence electrons. The number of nitrogens with one attached hydrogen (secondary N) is 1. The number of hydrogen-bond acceptors (Lipinski definition) is 6. The lowest BCUT2D eigenvalue weighted by Gasteiger charge is -2.24. The Hall–Kier alpha value is -3.29. The van der Waals surface area contributed by atoms with Crippen LogP contribution in [0.5, 0.6) is 0 Å². The van der Waals surface area contributed by atoms with E-state index in [2.05, 4.69) is 60.0 Å². The molecule has 0 fully saturated rings. The van der Waals surface area contributed by atoms with Gasteiger partial charge in [0.15, 0.2) is 5.65 Å². The Labute approximate surface area is 149 Å². The molecule has 3 heterocycles. The van der Waals surface area contributed by atoms with Gasteiger partial charge in [-0.3, -0.25) is 4.68 Å². The van der Waals surface area contributed by atoms with Gasteiger partial charge in [-0.2, -0.15) is 5.10 Å². The Morgan fingerprint density at radius 1 is 1.12 bits per heavy atom. The van der Waals surface area contributed by atoms with Gasteiger partial charge >= 0.3 is 0 Å². The molecule has 0 aliphatic heterocycles. The third-order valence-electron chi connectivity index (χ3n) is 4.83. The van der Waals surface area contributed by atoms with E-state index in [1.807, 2.05) is 24.4 Å².